The van der Waals surface area contributed by atoms with Gasteiger partial charge in [-0.15, -0.1) is 29.3 Å². The largest absolute Gasteiger partial charge is 0.283 e. The molecular formula is C14H11BrN2OS3. The van der Waals surface area contributed by atoms with Gasteiger partial charge in [-0.3, -0.25) is 9.36 Å². The van der Waals surface area contributed by atoms with Crippen LogP contribution in [0.15, 0.2) is 50.0 Å². The minimum atomic E-state index is 0.0102. The van der Waals surface area contributed by atoms with Crippen LogP contribution in [0, 0.1) is 0 Å². The second kappa shape index (κ2) is 6.48. The smallest absolute Gasteiger partial charge is 0.263 e. The Kier molecular flexibility index (Phi) is 4.63. The van der Waals surface area contributed by atoms with E-state index < -0.39 is 0 Å². The van der Waals surface area contributed by atoms with Crippen molar-refractivity contribution in [2.24, 2.45) is 0 Å². The van der Waals surface area contributed by atoms with E-state index in [-0.39, 0.29) is 5.56 Å². The maximum absolute atomic E-state index is 12.5. The SMILES string of the molecule is C=CCn1c(SCc2ccc(Br)s2)nc2sccc2c1=O. The summed E-state index contributed by atoms with van der Waals surface area (Å²) in [5.74, 6) is 0.802. The molecule has 0 amide bonds. The van der Waals surface area contributed by atoms with Crippen LogP contribution >= 0.6 is 50.4 Å². The number of nitrogens with zero attached hydrogens (tertiary/aromatic N) is 2. The van der Waals surface area contributed by atoms with Crippen LogP contribution in [0.4, 0.5) is 0 Å². The number of hydrogen-bond acceptors (Lipinski definition) is 5. The summed E-state index contributed by atoms with van der Waals surface area (Å²) in [7, 11) is 0. The highest BCUT2D eigenvalue weighted by Crippen LogP contribution is 2.29. The number of aromatic nitrogens is 2. The monoisotopic (exact) mass is 398 g/mol. The lowest BCUT2D eigenvalue weighted by Crippen LogP contribution is -2.22. The van der Waals surface area contributed by atoms with Crippen molar-refractivity contribution in [3.63, 3.8) is 0 Å². The van der Waals surface area contributed by atoms with Gasteiger partial charge in [0.2, 0.25) is 0 Å². The third-order valence-electron chi connectivity index (χ3n) is 2.83. The predicted molar refractivity (Wildman–Crippen MR) is 95.7 cm³/mol. The molecule has 0 aliphatic carbocycles. The summed E-state index contributed by atoms with van der Waals surface area (Å²) in [6.45, 7) is 4.21. The first-order valence-electron chi connectivity index (χ1n) is 6.15. The molecule has 3 rings (SSSR count). The molecule has 0 fully saturated rings. The summed E-state index contributed by atoms with van der Waals surface area (Å²) < 4.78 is 2.80. The van der Waals surface area contributed by atoms with E-state index in [0.29, 0.717) is 11.9 Å². The van der Waals surface area contributed by atoms with Crippen LogP contribution in [-0.4, -0.2) is 9.55 Å². The molecule has 7 heteroatoms. The van der Waals surface area contributed by atoms with Crippen LogP contribution in [0.5, 0.6) is 0 Å². The zero-order chi connectivity index (χ0) is 14.8. The molecular weight excluding hydrogens is 388 g/mol. The van der Waals surface area contributed by atoms with Gasteiger partial charge in [0, 0.05) is 17.2 Å². The van der Waals surface area contributed by atoms with Crippen molar-refractivity contribution in [2.45, 2.75) is 17.5 Å². The molecule has 0 aliphatic rings. The molecule has 108 valence electrons. The van der Waals surface area contributed by atoms with Gasteiger partial charge in [-0.1, -0.05) is 17.8 Å². The summed E-state index contributed by atoms with van der Waals surface area (Å²) in [5, 5.41) is 3.34. The van der Waals surface area contributed by atoms with Crippen molar-refractivity contribution < 1.29 is 0 Å². The van der Waals surface area contributed by atoms with Gasteiger partial charge in [-0.2, -0.15) is 0 Å². The van der Waals surface area contributed by atoms with E-state index in [1.54, 1.807) is 33.7 Å². The molecule has 3 aromatic rings. The van der Waals surface area contributed by atoms with Crippen molar-refractivity contribution in [1.29, 1.82) is 0 Å². The summed E-state index contributed by atoms with van der Waals surface area (Å²) in [6.07, 6.45) is 1.73. The highest BCUT2D eigenvalue weighted by molar-refractivity contribution is 9.11. The summed E-state index contributed by atoms with van der Waals surface area (Å²) in [4.78, 5) is 19.2. The molecule has 0 saturated heterocycles. The van der Waals surface area contributed by atoms with Crippen LogP contribution in [0.3, 0.4) is 0 Å². The van der Waals surface area contributed by atoms with Crippen LogP contribution in [0.25, 0.3) is 10.2 Å². The number of thioether (sulfide) groups is 1. The van der Waals surface area contributed by atoms with E-state index in [1.165, 1.54) is 16.2 Å². The van der Waals surface area contributed by atoms with Crippen molar-refractivity contribution in [2.75, 3.05) is 0 Å². The average Bonchev–Trinajstić information content (AvgIpc) is 3.09. The first-order valence-corrected chi connectivity index (χ1v) is 9.62. The van der Waals surface area contributed by atoms with Gasteiger partial charge in [0.05, 0.1) is 9.17 Å². The van der Waals surface area contributed by atoms with Gasteiger partial charge >= 0.3 is 0 Å². The average molecular weight is 399 g/mol. The van der Waals surface area contributed by atoms with E-state index in [9.17, 15) is 4.79 Å². The number of allylic oxidation sites excluding steroid dienone is 1. The zero-order valence-electron chi connectivity index (χ0n) is 10.9. The number of hydrogen-bond donors (Lipinski definition) is 0. The number of thiophene rings is 2. The highest BCUT2D eigenvalue weighted by Gasteiger charge is 2.12. The summed E-state index contributed by atoms with van der Waals surface area (Å²) in [5.41, 5.74) is 0.0102. The Morgan fingerprint density at radius 1 is 1.43 bits per heavy atom. The minimum absolute atomic E-state index is 0.0102. The first kappa shape index (κ1) is 15.0. The van der Waals surface area contributed by atoms with Gasteiger partial charge in [0.1, 0.15) is 4.83 Å². The fourth-order valence-electron chi connectivity index (χ4n) is 1.90. The van der Waals surface area contributed by atoms with Crippen LogP contribution < -0.4 is 5.56 Å². The van der Waals surface area contributed by atoms with Gasteiger partial charge in [0.25, 0.3) is 5.56 Å². The third kappa shape index (κ3) is 3.15. The lowest BCUT2D eigenvalue weighted by molar-refractivity contribution is 0.673. The minimum Gasteiger partial charge on any atom is -0.283 e. The number of rotatable bonds is 5. The maximum atomic E-state index is 12.5. The Bertz CT molecular complexity index is 849. The summed E-state index contributed by atoms with van der Waals surface area (Å²) in [6, 6.07) is 5.95. The fraction of sp³-hybridized carbons (Fsp3) is 0.143. The molecule has 0 radical (unpaired) electrons. The van der Waals surface area contributed by atoms with E-state index in [4.69, 9.17) is 0 Å². The normalized spacial score (nSPS) is 11.1. The Labute approximate surface area is 142 Å². The fourth-order valence-corrected chi connectivity index (χ4v) is 5.24. The molecule has 0 N–H and O–H groups in total. The molecule has 0 aromatic carbocycles. The second-order valence-electron chi connectivity index (χ2n) is 4.23. The summed E-state index contributed by atoms with van der Waals surface area (Å²) >= 11 is 8.25. The molecule has 0 spiro atoms. The van der Waals surface area contributed by atoms with Crippen LogP contribution in [0.2, 0.25) is 0 Å². The first-order chi connectivity index (χ1) is 10.2. The van der Waals surface area contributed by atoms with Crippen LogP contribution in [0.1, 0.15) is 4.88 Å². The second-order valence-corrected chi connectivity index (χ2v) is 8.62. The molecule has 3 nitrogen and oxygen atoms in total. The Morgan fingerprint density at radius 3 is 3.00 bits per heavy atom. The topological polar surface area (TPSA) is 34.9 Å². The van der Waals surface area contributed by atoms with Gasteiger partial charge in [-0.25, -0.2) is 4.98 Å². The number of fused-ring (bicyclic) bond motifs is 1. The molecule has 3 heterocycles. The zero-order valence-corrected chi connectivity index (χ0v) is 14.9. The standard InChI is InChI=1S/C14H11BrN2OS3/c1-2-6-17-13(18)10-5-7-19-12(10)16-14(17)20-8-9-3-4-11(15)21-9/h2-5,7H,1,6,8H2. The van der Waals surface area contributed by atoms with E-state index in [2.05, 4.69) is 33.6 Å². The molecule has 0 bridgehead atoms. The lowest BCUT2D eigenvalue weighted by atomic mass is 10.4. The highest BCUT2D eigenvalue weighted by atomic mass is 79.9. The maximum Gasteiger partial charge on any atom is 0.263 e. The predicted octanol–water partition coefficient (Wildman–Crippen LogP) is 4.76. The van der Waals surface area contributed by atoms with E-state index in [1.807, 2.05) is 17.5 Å². The Morgan fingerprint density at radius 2 is 2.29 bits per heavy atom. The third-order valence-corrected chi connectivity index (χ3v) is 6.47. The number of halogens is 1. The quantitative estimate of drug-likeness (QED) is 0.353. The lowest BCUT2D eigenvalue weighted by Gasteiger charge is -2.09. The molecule has 0 unspecified atom stereocenters. The van der Waals surface area contributed by atoms with E-state index >= 15 is 0 Å². The van der Waals surface area contributed by atoms with Crippen molar-refractivity contribution in [1.82, 2.24) is 9.55 Å². The van der Waals surface area contributed by atoms with Crippen LogP contribution in [-0.2, 0) is 12.3 Å². The Balaban J connectivity index is 1.97. The van der Waals surface area contributed by atoms with Crippen molar-refractivity contribution in [3.05, 3.63) is 55.3 Å². The Hall–Kier alpha value is -0.890. The van der Waals surface area contributed by atoms with Gasteiger partial charge in [-0.05, 0) is 39.5 Å². The van der Waals surface area contributed by atoms with Gasteiger partial charge in [0.15, 0.2) is 5.16 Å². The molecule has 0 saturated carbocycles. The van der Waals surface area contributed by atoms with E-state index in [0.717, 1.165) is 19.5 Å². The van der Waals surface area contributed by atoms with Crippen molar-refractivity contribution >= 4 is 60.6 Å². The molecule has 21 heavy (non-hydrogen) atoms. The van der Waals surface area contributed by atoms with Gasteiger partial charge < -0.3 is 0 Å². The van der Waals surface area contributed by atoms with Crippen molar-refractivity contribution in [3.8, 4) is 0 Å². The molecule has 0 atom stereocenters. The molecule has 3 aromatic heterocycles. The molecule has 0 aliphatic heterocycles.